The minimum Gasteiger partial charge on any atom is -0.484 e. The number of carbonyl (C=O) groups excluding carboxylic acids is 3. The van der Waals surface area contributed by atoms with Gasteiger partial charge in [0.05, 0.1) is 17.6 Å². The molecule has 1 heterocycles. The van der Waals surface area contributed by atoms with Crippen molar-refractivity contribution < 1.29 is 23.9 Å². The number of esters is 1. The Bertz CT molecular complexity index is 1200. The number of methoxy groups -OCH3 is 1. The molecule has 0 aliphatic carbocycles. The lowest BCUT2D eigenvalue weighted by Crippen LogP contribution is -2.21. The Morgan fingerprint density at radius 3 is 2.33 bits per heavy atom. The van der Waals surface area contributed by atoms with Crippen molar-refractivity contribution in [3.05, 3.63) is 74.6 Å². The summed E-state index contributed by atoms with van der Waals surface area (Å²) in [4.78, 5) is 38.1. The molecule has 3 aromatic rings. The third kappa shape index (κ3) is 5.91. The van der Waals surface area contributed by atoms with Crippen molar-refractivity contribution in [2.45, 2.75) is 20.8 Å². The number of nitrogens with one attached hydrogen (secondary N) is 2. The minimum absolute atomic E-state index is 0.133. The molecule has 172 valence electrons. The molecule has 0 spiro atoms. The number of carbonyl (C=O) groups is 3. The average Bonchev–Trinajstić information content (AvgIpc) is 3.10. The lowest BCUT2D eigenvalue weighted by Gasteiger charge is -2.08. The summed E-state index contributed by atoms with van der Waals surface area (Å²) in [6.07, 6.45) is 0. The van der Waals surface area contributed by atoms with Gasteiger partial charge in [0.25, 0.3) is 11.8 Å². The smallest absolute Gasteiger partial charge is 0.341 e. The highest BCUT2D eigenvalue weighted by Crippen LogP contribution is 2.34. The van der Waals surface area contributed by atoms with Gasteiger partial charge in [0.2, 0.25) is 0 Å². The summed E-state index contributed by atoms with van der Waals surface area (Å²) in [6.45, 7) is 5.22. The fourth-order valence-electron chi connectivity index (χ4n) is 3.14. The normalized spacial score (nSPS) is 10.5. The number of halogens is 1. The monoisotopic (exact) mass is 486 g/mol. The number of anilines is 2. The van der Waals surface area contributed by atoms with Crippen LogP contribution in [0.3, 0.4) is 0 Å². The molecular formula is C24H23ClN2O5S. The van der Waals surface area contributed by atoms with Crippen LogP contribution in [-0.2, 0) is 9.53 Å². The van der Waals surface area contributed by atoms with Crippen LogP contribution in [0.1, 0.15) is 36.7 Å². The second-order valence-electron chi connectivity index (χ2n) is 7.32. The van der Waals surface area contributed by atoms with E-state index in [2.05, 4.69) is 10.6 Å². The molecule has 0 bridgehead atoms. The number of thiophene rings is 1. The standard InChI is InChI=1S/C24H23ClN2O5S/c1-13-5-10-18(14(2)11-13)26-22(29)21-15(3)20(24(30)31-4)23(33-21)27-19(28)12-32-17-8-6-16(25)7-9-17/h5-11H,12H2,1-4H3,(H,26,29)(H,27,28). The predicted molar refractivity (Wildman–Crippen MR) is 130 cm³/mol. The van der Waals surface area contributed by atoms with Crippen molar-refractivity contribution >= 4 is 51.4 Å². The summed E-state index contributed by atoms with van der Waals surface area (Å²) in [6, 6.07) is 12.3. The van der Waals surface area contributed by atoms with E-state index in [0.29, 0.717) is 26.9 Å². The van der Waals surface area contributed by atoms with E-state index < -0.39 is 11.9 Å². The zero-order valence-electron chi connectivity index (χ0n) is 18.6. The zero-order chi connectivity index (χ0) is 24.1. The molecule has 9 heteroatoms. The largest absolute Gasteiger partial charge is 0.484 e. The Morgan fingerprint density at radius 2 is 1.70 bits per heavy atom. The van der Waals surface area contributed by atoms with Gasteiger partial charge in [-0.3, -0.25) is 9.59 Å². The highest BCUT2D eigenvalue weighted by molar-refractivity contribution is 7.19. The summed E-state index contributed by atoms with van der Waals surface area (Å²) in [7, 11) is 1.24. The summed E-state index contributed by atoms with van der Waals surface area (Å²) >= 11 is 6.84. The van der Waals surface area contributed by atoms with Crippen molar-refractivity contribution in [2.24, 2.45) is 0 Å². The quantitative estimate of drug-likeness (QED) is 0.437. The molecule has 33 heavy (non-hydrogen) atoms. The van der Waals surface area contributed by atoms with Crippen LogP contribution in [0, 0.1) is 20.8 Å². The molecule has 0 fully saturated rings. The molecule has 0 aliphatic heterocycles. The first-order valence-corrected chi connectivity index (χ1v) is 11.2. The fraction of sp³-hybridized carbons (Fsp3) is 0.208. The van der Waals surface area contributed by atoms with Gasteiger partial charge in [-0.1, -0.05) is 29.3 Å². The van der Waals surface area contributed by atoms with Gasteiger partial charge in [-0.25, -0.2) is 4.79 Å². The van der Waals surface area contributed by atoms with Gasteiger partial charge >= 0.3 is 5.97 Å². The predicted octanol–water partition coefficient (Wildman–Crippen LogP) is 5.38. The Hall–Kier alpha value is -3.36. The maximum absolute atomic E-state index is 13.0. The van der Waals surface area contributed by atoms with E-state index in [1.54, 1.807) is 31.2 Å². The minimum atomic E-state index is -0.650. The molecule has 0 radical (unpaired) electrons. The molecule has 7 nitrogen and oxygen atoms in total. The number of benzene rings is 2. The summed E-state index contributed by atoms with van der Waals surface area (Å²) < 4.78 is 10.3. The first-order valence-electron chi connectivity index (χ1n) is 9.98. The summed E-state index contributed by atoms with van der Waals surface area (Å²) in [5.41, 5.74) is 3.21. The van der Waals surface area contributed by atoms with E-state index in [-0.39, 0.29) is 23.1 Å². The van der Waals surface area contributed by atoms with E-state index in [1.165, 1.54) is 7.11 Å². The van der Waals surface area contributed by atoms with E-state index in [0.717, 1.165) is 22.5 Å². The SMILES string of the molecule is COC(=O)c1c(NC(=O)COc2ccc(Cl)cc2)sc(C(=O)Nc2ccc(C)cc2C)c1C. The highest BCUT2D eigenvalue weighted by Gasteiger charge is 2.26. The van der Waals surface area contributed by atoms with E-state index in [9.17, 15) is 14.4 Å². The molecule has 0 atom stereocenters. The Kier molecular flexibility index (Phi) is 7.73. The molecule has 2 N–H and O–H groups in total. The van der Waals surface area contributed by atoms with Gasteiger partial charge in [-0.15, -0.1) is 11.3 Å². The first kappa shape index (κ1) is 24.3. The van der Waals surface area contributed by atoms with Gasteiger partial charge < -0.3 is 20.1 Å². The van der Waals surface area contributed by atoms with Crippen LogP contribution in [0.4, 0.5) is 10.7 Å². The fourth-order valence-corrected chi connectivity index (χ4v) is 4.37. The number of aryl methyl sites for hydroxylation is 2. The van der Waals surface area contributed by atoms with Crippen LogP contribution < -0.4 is 15.4 Å². The first-order chi connectivity index (χ1) is 15.7. The molecule has 2 aromatic carbocycles. The number of hydrogen-bond donors (Lipinski definition) is 2. The van der Waals surface area contributed by atoms with E-state index in [4.69, 9.17) is 21.1 Å². The van der Waals surface area contributed by atoms with Crippen molar-refractivity contribution in [3.63, 3.8) is 0 Å². The van der Waals surface area contributed by atoms with Gasteiger partial charge in [0.15, 0.2) is 6.61 Å². The lowest BCUT2D eigenvalue weighted by atomic mass is 10.1. The van der Waals surface area contributed by atoms with Crippen LogP contribution in [0.25, 0.3) is 0 Å². The number of hydrogen-bond acceptors (Lipinski definition) is 6. The molecule has 0 aliphatic rings. The maximum atomic E-state index is 13.0. The molecule has 2 amide bonds. The molecule has 1 aromatic heterocycles. The van der Waals surface area contributed by atoms with Crippen LogP contribution >= 0.6 is 22.9 Å². The van der Waals surface area contributed by atoms with Gasteiger partial charge in [0, 0.05) is 10.7 Å². The number of amides is 2. The Balaban J connectivity index is 1.80. The van der Waals surface area contributed by atoms with E-state index >= 15 is 0 Å². The molecule has 0 saturated heterocycles. The van der Waals surface area contributed by atoms with Crippen LogP contribution in [0.2, 0.25) is 5.02 Å². The third-order valence-corrected chi connectivity index (χ3v) is 6.27. The second-order valence-corrected chi connectivity index (χ2v) is 8.77. The third-order valence-electron chi connectivity index (χ3n) is 4.81. The van der Waals surface area contributed by atoms with E-state index in [1.807, 2.05) is 32.0 Å². The van der Waals surface area contributed by atoms with Crippen LogP contribution in [-0.4, -0.2) is 31.5 Å². The Morgan fingerprint density at radius 1 is 1.00 bits per heavy atom. The van der Waals surface area contributed by atoms with Crippen LogP contribution in [0.5, 0.6) is 5.75 Å². The topological polar surface area (TPSA) is 93.7 Å². The van der Waals surface area contributed by atoms with Gasteiger partial charge in [0.1, 0.15) is 10.8 Å². The lowest BCUT2D eigenvalue weighted by molar-refractivity contribution is -0.118. The zero-order valence-corrected chi connectivity index (χ0v) is 20.1. The molecular weight excluding hydrogens is 464 g/mol. The molecule has 3 rings (SSSR count). The second kappa shape index (κ2) is 10.5. The molecule has 0 saturated carbocycles. The van der Waals surface area contributed by atoms with Crippen molar-refractivity contribution in [1.29, 1.82) is 0 Å². The number of rotatable bonds is 7. The van der Waals surface area contributed by atoms with Gasteiger partial charge in [-0.2, -0.15) is 0 Å². The molecule has 0 unspecified atom stereocenters. The van der Waals surface area contributed by atoms with Crippen molar-refractivity contribution in [2.75, 3.05) is 24.4 Å². The maximum Gasteiger partial charge on any atom is 0.341 e. The van der Waals surface area contributed by atoms with Crippen LogP contribution in [0.15, 0.2) is 42.5 Å². The van der Waals surface area contributed by atoms with Gasteiger partial charge in [-0.05, 0) is 62.2 Å². The number of ether oxygens (including phenoxy) is 2. The van der Waals surface area contributed by atoms with Crippen molar-refractivity contribution in [1.82, 2.24) is 0 Å². The van der Waals surface area contributed by atoms with Crippen molar-refractivity contribution in [3.8, 4) is 5.75 Å². The summed E-state index contributed by atoms with van der Waals surface area (Å²) in [5.74, 6) is -1.05. The average molecular weight is 487 g/mol. The highest BCUT2D eigenvalue weighted by atomic mass is 35.5. The Labute approximate surface area is 200 Å². The summed E-state index contributed by atoms with van der Waals surface area (Å²) in [5, 5.41) is 6.29.